The van der Waals surface area contributed by atoms with E-state index in [9.17, 15) is 18.0 Å². The van der Waals surface area contributed by atoms with Gasteiger partial charge in [-0.05, 0) is 42.5 Å². The van der Waals surface area contributed by atoms with Gasteiger partial charge in [-0.3, -0.25) is 9.36 Å². The van der Waals surface area contributed by atoms with Crippen LogP contribution in [0, 0.1) is 0 Å². The van der Waals surface area contributed by atoms with E-state index in [4.69, 9.17) is 5.73 Å². The third-order valence-electron chi connectivity index (χ3n) is 4.14. The number of fused-ring (bicyclic) bond motifs is 3. The Kier molecular flexibility index (Phi) is 3.30. The molecule has 132 valence electrons. The summed E-state index contributed by atoms with van der Waals surface area (Å²) in [6, 6.07) is 9.62. The van der Waals surface area contributed by atoms with E-state index in [0.717, 1.165) is 12.1 Å². The minimum absolute atomic E-state index is 0.314. The fourth-order valence-electron chi connectivity index (χ4n) is 2.97. The van der Waals surface area contributed by atoms with Gasteiger partial charge in [0.15, 0.2) is 5.65 Å². The number of amides is 1. The Balaban J connectivity index is 2.00. The second kappa shape index (κ2) is 5.32. The summed E-state index contributed by atoms with van der Waals surface area (Å²) in [7, 11) is 1.64. The molecular weight excluding hydrogens is 347 g/mol. The van der Waals surface area contributed by atoms with Crippen molar-refractivity contribution in [3.63, 3.8) is 0 Å². The fourth-order valence-corrected chi connectivity index (χ4v) is 2.97. The summed E-state index contributed by atoms with van der Waals surface area (Å²) >= 11 is 0. The van der Waals surface area contributed by atoms with E-state index in [1.54, 1.807) is 29.8 Å². The van der Waals surface area contributed by atoms with Crippen molar-refractivity contribution >= 4 is 28.0 Å². The van der Waals surface area contributed by atoms with Gasteiger partial charge < -0.3 is 5.73 Å². The maximum atomic E-state index is 12.8. The van der Waals surface area contributed by atoms with Gasteiger partial charge in [0.05, 0.1) is 11.1 Å². The lowest BCUT2D eigenvalue weighted by Crippen LogP contribution is -2.10. The summed E-state index contributed by atoms with van der Waals surface area (Å²) in [6.07, 6.45) is -4.41. The molecule has 2 aromatic heterocycles. The Morgan fingerprint density at radius 3 is 2.38 bits per heavy atom. The average Bonchev–Trinajstić information content (AvgIpc) is 3.08. The van der Waals surface area contributed by atoms with Gasteiger partial charge in [0.2, 0.25) is 5.91 Å². The summed E-state index contributed by atoms with van der Waals surface area (Å²) in [5, 5.41) is 9.24. The Morgan fingerprint density at radius 1 is 1.08 bits per heavy atom. The summed E-state index contributed by atoms with van der Waals surface area (Å²) in [4.78, 5) is 12.8. The first-order valence-electron chi connectivity index (χ1n) is 7.58. The Hall–Kier alpha value is -3.36. The van der Waals surface area contributed by atoms with E-state index in [2.05, 4.69) is 10.2 Å². The van der Waals surface area contributed by atoms with Crippen LogP contribution >= 0.6 is 0 Å². The zero-order chi connectivity index (χ0) is 18.6. The van der Waals surface area contributed by atoms with Gasteiger partial charge in [0.25, 0.3) is 0 Å². The molecule has 2 heterocycles. The summed E-state index contributed by atoms with van der Waals surface area (Å²) in [5.41, 5.74) is 7.10. The SMILES string of the molecule is Cn1nc2c3cc(C(N)=O)ccc3n(-c3ccc(C(F)(F)F)cc3)c2n1. The summed E-state index contributed by atoms with van der Waals surface area (Å²) in [6.45, 7) is 0. The summed E-state index contributed by atoms with van der Waals surface area (Å²) < 4.78 is 40.1. The second-order valence-corrected chi connectivity index (χ2v) is 5.84. The topological polar surface area (TPSA) is 78.7 Å². The van der Waals surface area contributed by atoms with Crippen LogP contribution in [0.25, 0.3) is 27.8 Å². The number of hydrogen-bond acceptors (Lipinski definition) is 3. The molecule has 0 aliphatic carbocycles. The van der Waals surface area contributed by atoms with E-state index < -0.39 is 17.6 Å². The smallest absolute Gasteiger partial charge is 0.366 e. The van der Waals surface area contributed by atoms with Crippen molar-refractivity contribution in [2.24, 2.45) is 12.8 Å². The fraction of sp³-hybridized carbons (Fsp3) is 0.118. The number of benzene rings is 2. The molecule has 9 heteroatoms. The van der Waals surface area contributed by atoms with E-state index in [0.29, 0.717) is 33.3 Å². The highest BCUT2D eigenvalue weighted by atomic mass is 19.4. The van der Waals surface area contributed by atoms with Gasteiger partial charge in [-0.25, -0.2) is 0 Å². The van der Waals surface area contributed by atoms with Crippen LogP contribution in [0.5, 0.6) is 0 Å². The van der Waals surface area contributed by atoms with E-state index in [1.165, 1.54) is 16.9 Å². The molecule has 0 saturated heterocycles. The number of aryl methyl sites for hydroxylation is 1. The molecule has 2 aromatic carbocycles. The third kappa shape index (κ3) is 2.40. The van der Waals surface area contributed by atoms with Crippen LogP contribution in [-0.2, 0) is 13.2 Å². The van der Waals surface area contributed by atoms with Crippen molar-refractivity contribution < 1.29 is 18.0 Å². The van der Waals surface area contributed by atoms with Crippen LogP contribution < -0.4 is 5.73 Å². The molecule has 0 aliphatic rings. The third-order valence-corrected chi connectivity index (χ3v) is 4.14. The number of halogens is 3. The van der Waals surface area contributed by atoms with Gasteiger partial charge in [-0.1, -0.05) is 0 Å². The summed E-state index contributed by atoms with van der Waals surface area (Å²) in [5.74, 6) is -0.578. The van der Waals surface area contributed by atoms with Crippen molar-refractivity contribution in [2.45, 2.75) is 6.18 Å². The molecule has 0 radical (unpaired) electrons. The van der Waals surface area contributed by atoms with Crippen LogP contribution in [0.15, 0.2) is 42.5 Å². The van der Waals surface area contributed by atoms with Crippen molar-refractivity contribution in [1.82, 2.24) is 19.6 Å². The van der Waals surface area contributed by atoms with Gasteiger partial charge in [0, 0.05) is 23.7 Å². The molecule has 0 unspecified atom stereocenters. The minimum Gasteiger partial charge on any atom is -0.366 e. The zero-order valence-corrected chi connectivity index (χ0v) is 13.4. The molecule has 0 aliphatic heterocycles. The van der Waals surface area contributed by atoms with Crippen LogP contribution in [0.4, 0.5) is 13.2 Å². The predicted molar refractivity (Wildman–Crippen MR) is 88.9 cm³/mol. The van der Waals surface area contributed by atoms with E-state index in [1.807, 2.05) is 0 Å². The number of nitrogens with zero attached hydrogens (tertiary/aromatic N) is 4. The first-order valence-corrected chi connectivity index (χ1v) is 7.58. The maximum absolute atomic E-state index is 12.8. The largest absolute Gasteiger partial charge is 0.416 e. The highest BCUT2D eigenvalue weighted by molar-refractivity contribution is 6.08. The highest BCUT2D eigenvalue weighted by Gasteiger charge is 2.30. The lowest BCUT2D eigenvalue weighted by atomic mass is 10.1. The van der Waals surface area contributed by atoms with Gasteiger partial charge >= 0.3 is 6.18 Å². The molecule has 6 nitrogen and oxygen atoms in total. The number of carbonyl (C=O) groups excluding carboxylic acids is 1. The quantitative estimate of drug-likeness (QED) is 0.597. The van der Waals surface area contributed by atoms with Gasteiger partial charge in [0.1, 0.15) is 5.52 Å². The van der Waals surface area contributed by atoms with Crippen LogP contribution in [0.2, 0.25) is 0 Å². The normalized spacial score (nSPS) is 12.2. The first-order chi connectivity index (χ1) is 12.3. The molecule has 0 fully saturated rings. The highest BCUT2D eigenvalue weighted by Crippen LogP contribution is 2.33. The standard InChI is InChI=1S/C17H12F3N5O/c1-24-22-14-12-8-9(15(21)26)2-7-13(12)25(16(14)23-24)11-5-3-10(4-6-11)17(18,19)20/h2-8H,1H3,(H2,21,26). The molecule has 0 spiro atoms. The number of hydrogen-bond donors (Lipinski definition) is 1. The molecule has 0 saturated carbocycles. The number of alkyl halides is 3. The number of carbonyl (C=O) groups is 1. The van der Waals surface area contributed by atoms with Crippen molar-refractivity contribution in [3.8, 4) is 5.69 Å². The monoisotopic (exact) mass is 359 g/mol. The minimum atomic E-state index is -4.41. The first kappa shape index (κ1) is 16.1. The number of nitrogens with two attached hydrogens (primary N) is 1. The molecule has 0 bridgehead atoms. The average molecular weight is 359 g/mol. The van der Waals surface area contributed by atoms with Crippen LogP contribution in [0.3, 0.4) is 0 Å². The molecular formula is C17H12F3N5O. The molecule has 4 rings (SSSR count). The Bertz CT molecular complexity index is 1160. The van der Waals surface area contributed by atoms with Gasteiger partial charge in [-0.2, -0.15) is 23.1 Å². The molecule has 26 heavy (non-hydrogen) atoms. The van der Waals surface area contributed by atoms with Crippen LogP contribution in [0.1, 0.15) is 15.9 Å². The van der Waals surface area contributed by atoms with Gasteiger partial charge in [-0.15, -0.1) is 5.10 Å². The van der Waals surface area contributed by atoms with E-state index >= 15 is 0 Å². The second-order valence-electron chi connectivity index (χ2n) is 5.84. The van der Waals surface area contributed by atoms with Crippen molar-refractivity contribution in [2.75, 3.05) is 0 Å². The number of rotatable bonds is 2. The molecule has 0 atom stereocenters. The molecule has 2 N–H and O–H groups in total. The number of primary amides is 1. The van der Waals surface area contributed by atoms with Crippen molar-refractivity contribution in [3.05, 3.63) is 53.6 Å². The Labute approximate surface area is 144 Å². The van der Waals surface area contributed by atoms with E-state index in [-0.39, 0.29) is 0 Å². The zero-order valence-electron chi connectivity index (χ0n) is 13.4. The maximum Gasteiger partial charge on any atom is 0.416 e. The van der Waals surface area contributed by atoms with Crippen LogP contribution in [-0.4, -0.2) is 25.5 Å². The Morgan fingerprint density at radius 2 is 1.77 bits per heavy atom. The predicted octanol–water partition coefficient (Wildman–Crippen LogP) is 3.03. The number of aromatic nitrogens is 4. The molecule has 1 amide bonds. The van der Waals surface area contributed by atoms with Crippen molar-refractivity contribution in [1.29, 1.82) is 0 Å². The lowest BCUT2D eigenvalue weighted by molar-refractivity contribution is -0.137. The lowest BCUT2D eigenvalue weighted by Gasteiger charge is -2.10. The molecule has 4 aromatic rings.